The van der Waals surface area contributed by atoms with Crippen LogP contribution in [0.2, 0.25) is 0 Å². The number of halogens is 1. The van der Waals surface area contributed by atoms with Crippen LogP contribution in [-0.2, 0) is 0 Å². The molecule has 0 radical (unpaired) electrons. The van der Waals surface area contributed by atoms with Crippen molar-refractivity contribution in [3.63, 3.8) is 0 Å². The minimum absolute atomic E-state index is 0.345. The third-order valence-electron chi connectivity index (χ3n) is 2.25. The van der Waals surface area contributed by atoms with Crippen molar-refractivity contribution in [1.29, 1.82) is 0 Å². The van der Waals surface area contributed by atoms with E-state index in [-0.39, 0.29) is 0 Å². The molecule has 1 heterocycles. The first-order chi connectivity index (χ1) is 7.58. The maximum atomic E-state index is 5.79. The Kier molecular flexibility index (Phi) is 4.80. The van der Waals surface area contributed by atoms with Gasteiger partial charge < -0.3 is 9.64 Å². The Morgan fingerprint density at radius 3 is 2.62 bits per heavy atom. The van der Waals surface area contributed by atoms with E-state index in [9.17, 15) is 0 Å². The molecule has 0 aliphatic carbocycles. The molecular weight excluding hydrogens is 226 g/mol. The molecule has 0 bridgehead atoms. The monoisotopic (exact) mass is 243 g/mol. The van der Waals surface area contributed by atoms with Gasteiger partial charge in [-0.2, -0.15) is 4.98 Å². The number of ether oxygens (including phenoxy) is 1. The van der Waals surface area contributed by atoms with E-state index in [2.05, 4.69) is 28.7 Å². The number of hydrogen-bond acceptors (Lipinski definition) is 4. The summed E-state index contributed by atoms with van der Waals surface area (Å²) in [7, 11) is 1.60. The summed E-state index contributed by atoms with van der Waals surface area (Å²) in [6, 6.07) is 2.18. The van der Waals surface area contributed by atoms with Gasteiger partial charge >= 0.3 is 0 Å². The second kappa shape index (κ2) is 5.89. The van der Waals surface area contributed by atoms with Gasteiger partial charge in [-0.15, -0.1) is 11.6 Å². The molecule has 1 rings (SSSR count). The Morgan fingerprint density at radius 2 is 2.12 bits per heavy atom. The summed E-state index contributed by atoms with van der Waals surface area (Å²) in [6.07, 6.45) is 0. The van der Waals surface area contributed by atoms with Gasteiger partial charge in [0.1, 0.15) is 11.6 Å². The highest BCUT2D eigenvalue weighted by molar-refractivity contribution is 6.18. The number of aryl methyl sites for hydroxylation is 1. The van der Waals surface area contributed by atoms with Crippen molar-refractivity contribution in [2.75, 3.05) is 24.4 Å². The number of methoxy groups -OCH3 is 1. The Bertz CT molecular complexity index is 344. The first kappa shape index (κ1) is 13.0. The lowest BCUT2D eigenvalue weighted by Crippen LogP contribution is -2.33. The zero-order valence-corrected chi connectivity index (χ0v) is 11.0. The molecule has 90 valence electrons. The average Bonchev–Trinajstić information content (AvgIpc) is 2.24. The number of hydrogen-bond donors (Lipinski definition) is 0. The van der Waals surface area contributed by atoms with Crippen molar-refractivity contribution in [1.82, 2.24) is 9.97 Å². The normalized spacial score (nSPS) is 10.6. The van der Waals surface area contributed by atoms with Crippen LogP contribution in [0, 0.1) is 6.92 Å². The summed E-state index contributed by atoms with van der Waals surface area (Å²) in [5.41, 5.74) is 0. The van der Waals surface area contributed by atoms with Crippen LogP contribution < -0.4 is 9.64 Å². The Morgan fingerprint density at radius 1 is 1.44 bits per heavy atom. The van der Waals surface area contributed by atoms with Crippen molar-refractivity contribution in [3.05, 3.63) is 11.9 Å². The molecule has 0 spiro atoms. The van der Waals surface area contributed by atoms with Gasteiger partial charge in [-0.05, 0) is 20.8 Å². The zero-order chi connectivity index (χ0) is 12.1. The van der Waals surface area contributed by atoms with E-state index in [1.54, 1.807) is 7.11 Å². The topological polar surface area (TPSA) is 38.2 Å². The molecule has 0 N–H and O–H groups in total. The van der Waals surface area contributed by atoms with Gasteiger partial charge in [-0.1, -0.05) is 0 Å². The number of anilines is 1. The molecule has 0 saturated heterocycles. The summed E-state index contributed by atoms with van der Waals surface area (Å²) in [5, 5.41) is 0. The highest BCUT2D eigenvalue weighted by Gasteiger charge is 2.13. The maximum absolute atomic E-state index is 5.79. The summed E-state index contributed by atoms with van der Waals surface area (Å²) < 4.78 is 5.13. The van der Waals surface area contributed by atoms with Gasteiger partial charge in [-0.3, -0.25) is 0 Å². The Hall–Kier alpha value is -1.03. The van der Waals surface area contributed by atoms with Gasteiger partial charge in [0.05, 0.1) is 7.11 Å². The van der Waals surface area contributed by atoms with Crippen LogP contribution in [-0.4, -0.2) is 35.5 Å². The lowest BCUT2D eigenvalue weighted by Gasteiger charge is -2.27. The lowest BCUT2D eigenvalue weighted by atomic mass is 10.3. The van der Waals surface area contributed by atoms with E-state index in [1.165, 1.54) is 0 Å². The minimum atomic E-state index is 0.345. The van der Waals surface area contributed by atoms with Crippen molar-refractivity contribution >= 4 is 17.4 Å². The number of rotatable bonds is 5. The SMILES string of the molecule is COc1cc(N(CCCl)C(C)C)nc(C)n1. The van der Waals surface area contributed by atoms with Crippen LogP contribution in [0.15, 0.2) is 6.07 Å². The molecule has 1 aromatic rings. The standard InChI is InChI=1S/C11H18ClN3O/c1-8(2)15(6-5-12)10-7-11(16-4)14-9(3)13-10/h7-8H,5-6H2,1-4H3. The van der Waals surface area contributed by atoms with Gasteiger partial charge in [0.25, 0.3) is 0 Å². The highest BCUT2D eigenvalue weighted by atomic mass is 35.5. The Labute approximate surface area is 102 Å². The molecule has 0 unspecified atom stereocenters. The maximum Gasteiger partial charge on any atom is 0.218 e. The van der Waals surface area contributed by atoms with E-state index in [1.807, 2.05) is 13.0 Å². The summed E-state index contributed by atoms with van der Waals surface area (Å²) in [6.45, 7) is 6.83. The van der Waals surface area contributed by atoms with E-state index in [4.69, 9.17) is 16.3 Å². The highest BCUT2D eigenvalue weighted by Crippen LogP contribution is 2.19. The molecule has 0 fully saturated rings. The third-order valence-corrected chi connectivity index (χ3v) is 2.42. The molecule has 1 aromatic heterocycles. The average molecular weight is 244 g/mol. The molecule has 0 amide bonds. The fraction of sp³-hybridized carbons (Fsp3) is 0.636. The van der Waals surface area contributed by atoms with E-state index < -0.39 is 0 Å². The van der Waals surface area contributed by atoms with Crippen molar-refractivity contribution in [2.24, 2.45) is 0 Å². The van der Waals surface area contributed by atoms with Crippen molar-refractivity contribution in [2.45, 2.75) is 26.8 Å². The van der Waals surface area contributed by atoms with Crippen LogP contribution >= 0.6 is 11.6 Å². The smallest absolute Gasteiger partial charge is 0.218 e. The van der Waals surface area contributed by atoms with Gasteiger partial charge in [0, 0.05) is 24.5 Å². The molecule has 0 aliphatic rings. The van der Waals surface area contributed by atoms with Crippen molar-refractivity contribution in [3.8, 4) is 5.88 Å². The van der Waals surface area contributed by atoms with Gasteiger partial charge in [0.15, 0.2) is 0 Å². The van der Waals surface area contributed by atoms with Crippen LogP contribution in [0.3, 0.4) is 0 Å². The summed E-state index contributed by atoms with van der Waals surface area (Å²) >= 11 is 5.79. The van der Waals surface area contributed by atoms with Crippen LogP contribution in [0.4, 0.5) is 5.82 Å². The summed E-state index contributed by atoms with van der Waals surface area (Å²) in [4.78, 5) is 10.7. The molecule has 0 saturated carbocycles. The number of alkyl halides is 1. The molecule has 4 nitrogen and oxygen atoms in total. The van der Waals surface area contributed by atoms with Gasteiger partial charge in [-0.25, -0.2) is 4.98 Å². The fourth-order valence-electron chi connectivity index (χ4n) is 1.51. The first-order valence-corrected chi connectivity index (χ1v) is 5.84. The second-order valence-corrected chi connectivity index (χ2v) is 4.17. The molecule has 0 aromatic carbocycles. The predicted octanol–water partition coefficient (Wildman–Crippen LogP) is 2.25. The molecule has 16 heavy (non-hydrogen) atoms. The fourth-order valence-corrected chi connectivity index (χ4v) is 1.69. The molecule has 5 heteroatoms. The van der Waals surface area contributed by atoms with Crippen LogP contribution in [0.5, 0.6) is 5.88 Å². The predicted molar refractivity (Wildman–Crippen MR) is 66.5 cm³/mol. The van der Waals surface area contributed by atoms with Crippen LogP contribution in [0.25, 0.3) is 0 Å². The van der Waals surface area contributed by atoms with E-state index >= 15 is 0 Å². The molecular formula is C11H18ClN3O. The Balaban J connectivity index is 3.03. The van der Waals surface area contributed by atoms with E-state index in [0.29, 0.717) is 23.6 Å². The van der Waals surface area contributed by atoms with E-state index in [0.717, 1.165) is 12.4 Å². The zero-order valence-electron chi connectivity index (χ0n) is 10.2. The lowest BCUT2D eigenvalue weighted by molar-refractivity contribution is 0.395. The minimum Gasteiger partial charge on any atom is -0.481 e. The summed E-state index contributed by atoms with van der Waals surface area (Å²) in [5.74, 6) is 2.72. The van der Waals surface area contributed by atoms with Gasteiger partial charge in [0.2, 0.25) is 5.88 Å². The largest absolute Gasteiger partial charge is 0.481 e. The first-order valence-electron chi connectivity index (χ1n) is 5.30. The quantitative estimate of drug-likeness (QED) is 0.744. The molecule has 0 atom stereocenters. The number of aromatic nitrogens is 2. The third kappa shape index (κ3) is 3.23. The van der Waals surface area contributed by atoms with Crippen molar-refractivity contribution < 1.29 is 4.74 Å². The number of nitrogens with zero attached hydrogens (tertiary/aromatic N) is 3. The van der Waals surface area contributed by atoms with Crippen LogP contribution in [0.1, 0.15) is 19.7 Å². The molecule has 0 aliphatic heterocycles. The second-order valence-electron chi connectivity index (χ2n) is 3.79.